The van der Waals surface area contributed by atoms with Crippen molar-refractivity contribution in [1.29, 1.82) is 0 Å². The van der Waals surface area contributed by atoms with E-state index in [-0.39, 0.29) is 0 Å². The molecule has 7 heavy (non-hydrogen) atoms. The fourth-order valence-electron chi connectivity index (χ4n) is 0.724. The molecule has 0 amide bonds. The Labute approximate surface area is 43.1 Å². The van der Waals surface area contributed by atoms with Gasteiger partial charge in [0.25, 0.3) is 0 Å². The highest BCUT2D eigenvalue weighted by atomic mass is 16.6. The Morgan fingerprint density at radius 1 is 1.43 bits per heavy atom. The predicted molar refractivity (Wildman–Crippen MR) is 25.8 cm³/mol. The van der Waals surface area contributed by atoms with E-state index in [9.17, 15) is 0 Å². The number of aliphatic hydroxyl groups excluding tert-OH is 1. The zero-order valence-corrected chi connectivity index (χ0v) is 4.26. The second-order valence-corrected chi connectivity index (χ2v) is 1.82. The molecular weight excluding hydrogens is 92.1 g/mol. The van der Waals surface area contributed by atoms with Gasteiger partial charge in [0.05, 0.1) is 0 Å². The van der Waals surface area contributed by atoms with Crippen molar-refractivity contribution >= 4 is 0 Å². The fraction of sp³-hybridized carbons (Fsp3) is 1.00. The maximum Gasteiger partial charge on any atom is 0.154 e. The summed E-state index contributed by atoms with van der Waals surface area (Å²) in [5.74, 6) is 0. The largest absolute Gasteiger partial charge is 0.368 e. The first-order valence-corrected chi connectivity index (χ1v) is 2.69. The standard InChI is InChI=1S/C5H10O2/c6-5-3-1-2-4-7-5/h5-6H,1-4H2/t5-/m0/s1. The summed E-state index contributed by atoms with van der Waals surface area (Å²) < 4.78 is 4.83. The normalized spacial score (nSPS) is 33.0. The first kappa shape index (κ1) is 5.06. The second kappa shape index (κ2) is 2.28. The molecule has 1 N–H and O–H groups in total. The first-order chi connectivity index (χ1) is 3.39. The summed E-state index contributed by atoms with van der Waals surface area (Å²) in [6, 6.07) is 0. The molecule has 1 atom stereocenters. The van der Waals surface area contributed by atoms with Crippen LogP contribution in [-0.4, -0.2) is 18.0 Å². The summed E-state index contributed by atoms with van der Waals surface area (Å²) in [7, 11) is 0. The number of rotatable bonds is 0. The molecule has 0 unspecified atom stereocenters. The molecule has 2 heteroatoms. The lowest BCUT2D eigenvalue weighted by Gasteiger charge is -2.16. The molecule has 1 rings (SSSR count). The van der Waals surface area contributed by atoms with Crippen molar-refractivity contribution in [3.63, 3.8) is 0 Å². The van der Waals surface area contributed by atoms with Gasteiger partial charge >= 0.3 is 0 Å². The van der Waals surface area contributed by atoms with Crippen LogP contribution in [0, 0.1) is 0 Å². The lowest BCUT2D eigenvalue weighted by atomic mass is 10.2. The van der Waals surface area contributed by atoms with E-state index >= 15 is 0 Å². The lowest BCUT2D eigenvalue weighted by Crippen LogP contribution is -2.17. The Kier molecular flexibility index (Phi) is 1.65. The van der Waals surface area contributed by atoms with E-state index in [0.717, 1.165) is 25.9 Å². The van der Waals surface area contributed by atoms with Crippen molar-refractivity contribution < 1.29 is 9.84 Å². The van der Waals surface area contributed by atoms with Crippen LogP contribution in [0.25, 0.3) is 0 Å². The van der Waals surface area contributed by atoms with Crippen molar-refractivity contribution in [2.24, 2.45) is 0 Å². The van der Waals surface area contributed by atoms with Crippen LogP contribution in [0.5, 0.6) is 0 Å². The highest BCUT2D eigenvalue weighted by Crippen LogP contribution is 2.08. The van der Waals surface area contributed by atoms with Crippen LogP contribution in [-0.2, 0) is 4.74 Å². The highest BCUT2D eigenvalue weighted by Gasteiger charge is 2.07. The number of hydrogen-bond donors (Lipinski definition) is 1. The molecule has 0 spiro atoms. The van der Waals surface area contributed by atoms with E-state index in [1.807, 2.05) is 0 Å². The third-order valence-electron chi connectivity index (χ3n) is 1.16. The molecule has 2 nitrogen and oxygen atoms in total. The number of ether oxygens (including phenoxy) is 1. The Hall–Kier alpha value is -0.0800. The SMILES string of the molecule is O[C@@H]1CCCCO1. The van der Waals surface area contributed by atoms with Gasteiger partial charge in [0.1, 0.15) is 0 Å². The van der Waals surface area contributed by atoms with Gasteiger partial charge in [0.2, 0.25) is 0 Å². The molecule has 0 aromatic heterocycles. The maximum absolute atomic E-state index is 8.69. The van der Waals surface area contributed by atoms with Crippen molar-refractivity contribution in [1.82, 2.24) is 0 Å². The smallest absolute Gasteiger partial charge is 0.154 e. The summed E-state index contributed by atoms with van der Waals surface area (Å²) in [4.78, 5) is 0. The minimum atomic E-state index is -0.464. The molecule has 0 saturated carbocycles. The lowest BCUT2D eigenvalue weighted by molar-refractivity contribution is -0.123. The quantitative estimate of drug-likeness (QED) is 0.482. The second-order valence-electron chi connectivity index (χ2n) is 1.82. The van der Waals surface area contributed by atoms with Crippen LogP contribution in [0.1, 0.15) is 19.3 Å². The first-order valence-electron chi connectivity index (χ1n) is 2.69. The highest BCUT2D eigenvalue weighted by molar-refractivity contribution is 4.50. The minimum Gasteiger partial charge on any atom is -0.368 e. The Morgan fingerprint density at radius 3 is 2.57 bits per heavy atom. The average Bonchev–Trinajstić information content (AvgIpc) is 1.69. The molecule has 0 bridgehead atoms. The van der Waals surface area contributed by atoms with E-state index in [2.05, 4.69) is 0 Å². The molecule has 0 radical (unpaired) electrons. The topological polar surface area (TPSA) is 29.5 Å². The Bertz CT molecular complexity index is 48.0. The van der Waals surface area contributed by atoms with Crippen molar-refractivity contribution in [2.75, 3.05) is 6.61 Å². The molecule has 1 heterocycles. The zero-order chi connectivity index (χ0) is 5.11. The van der Waals surface area contributed by atoms with Gasteiger partial charge in [-0.1, -0.05) is 0 Å². The van der Waals surface area contributed by atoms with E-state index in [0.29, 0.717) is 0 Å². The van der Waals surface area contributed by atoms with Gasteiger partial charge in [0, 0.05) is 6.61 Å². The molecule has 0 aromatic carbocycles. The van der Waals surface area contributed by atoms with Gasteiger partial charge in [-0.25, -0.2) is 0 Å². The third-order valence-corrected chi connectivity index (χ3v) is 1.16. The van der Waals surface area contributed by atoms with Crippen molar-refractivity contribution in [3.05, 3.63) is 0 Å². The van der Waals surface area contributed by atoms with E-state index in [1.165, 1.54) is 0 Å². The summed E-state index contributed by atoms with van der Waals surface area (Å²) in [6.07, 6.45) is 2.58. The van der Waals surface area contributed by atoms with Crippen molar-refractivity contribution in [3.8, 4) is 0 Å². The Morgan fingerprint density at radius 2 is 2.29 bits per heavy atom. The van der Waals surface area contributed by atoms with Crippen LogP contribution in [0.3, 0.4) is 0 Å². The molecule has 42 valence electrons. The minimum absolute atomic E-state index is 0.464. The van der Waals surface area contributed by atoms with Gasteiger partial charge < -0.3 is 9.84 Å². The van der Waals surface area contributed by atoms with Crippen molar-refractivity contribution in [2.45, 2.75) is 25.6 Å². The maximum atomic E-state index is 8.69. The van der Waals surface area contributed by atoms with Crippen LogP contribution in [0.2, 0.25) is 0 Å². The van der Waals surface area contributed by atoms with Crippen LogP contribution in [0.15, 0.2) is 0 Å². The van der Waals surface area contributed by atoms with Crippen LogP contribution in [0.4, 0.5) is 0 Å². The van der Waals surface area contributed by atoms with E-state index in [4.69, 9.17) is 9.84 Å². The summed E-state index contributed by atoms with van der Waals surface area (Å²) >= 11 is 0. The molecule has 0 aliphatic carbocycles. The number of aliphatic hydroxyl groups is 1. The monoisotopic (exact) mass is 102 g/mol. The summed E-state index contributed by atoms with van der Waals surface area (Å²) in [5.41, 5.74) is 0. The van der Waals surface area contributed by atoms with Gasteiger partial charge in [-0.3, -0.25) is 0 Å². The summed E-state index contributed by atoms with van der Waals surface area (Å²) in [6.45, 7) is 0.737. The van der Waals surface area contributed by atoms with Gasteiger partial charge in [-0.15, -0.1) is 0 Å². The predicted octanol–water partition coefficient (Wildman–Crippen LogP) is 0.505. The Balaban J connectivity index is 2.12. The van der Waals surface area contributed by atoms with Gasteiger partial charge in [0.15, 0.2) is 6.29 Å². The summed E-state index contributed by atoms with van der Waals surface area (Å²) in [5, 5.41) is 8.69. The third kappa shape index (κ3) is 1.45. The molecule has 1 aliphatic heterocycles. The molecule has 0 aromatic rings. The fourth-order valence-corrected chi connectivity index (χ4v) is 0.724. The van der Waals surface area contributed by atoms with E-state index < -0.39 is 6.29 Å². The van der Waals surface area contributed by atoms with E-state index in [1.54, 1.807) is 0 Å². The zero-order valence-electron chi connectivity index (χ0n) is 4.26. The molecule has 1 fully saturated rings. The average molecular weight is 102 g/mol. The molecule has 1 aliphatic rings. The molecule has 1 saturated heterocycles. The van der Waals surface area contributed by atoms with Crippen LogP contribution < -0.4 is 0 Å². The number of hydrogen-bond acceptors (Lipinski definition) is 2. The van der Waals surface area contributed by atoms with Gasteiger partial charge in [-0.05, 0) is 19.3 Å². The van der Waals surface area contributed by atoms with Crippen LogP contribution >= 0.6 is 0 Å². The van der Waals surface area contributed by atoms with Gasteiger partial charge in [-0.2, -0.15) is 0 Å². The molecular formula is C5H10O2.